The SMILES string of the molecule is CCN(CCNC(=O)COC(=O)Cc1c[nH]c2ccccc12)c1cccc(C)c1. The Bertz CT molecular complexity index is 980. The van der Waals surface area contributed by atoms with Crippen LogP contribution in [0, 0.1) is 6.92 Å². The number of nitrogens with one attached hydrogen (secondary N) is 2. The lowest BCUT2D eigenvalue weighted by molar-refractivity contribution is -0.147. The highest BCUT2D eigenvalue weighted by atomic mass is 16.5. The van der Waals surface area contributed by atoms with Crippen molar-refractivity contribution in [2.45, 2.75) is 20.3 Å². The van der Waals surface area contributed by atoms with Crippen molar-refractivity contribution in [1.82, 2.24) is 10.3 Å². The molecule has 3 aromatic rings. The van der Waals surface area contributed by atoms with E-state index in [1.165, 1.54) is 5.56 Å². The molecule has 0 aliphatic rings. The molecular formula is C23H27N3O3. The standard InChI is InChI=1S/C23H27N3O3/c1-3-26(19-8-6-7-17(2)13-19)12-11-24-22(27)16-29-23(28)14-18-15-25-21-10-5-4-9-20(18)21/h4-10,13,15,25H,3,11-12,14,16H2,1-2H3,(H,24,27). The number of nitrogens with zero attached hydrogens (tertiary/aromatic N) is 1. The summed E-state index contributed by atoms with van der Waals surface area (Å²) >= 11 is 0. The molecule has 0 spiro atoms. The number of H-pyrrole nitrogens is 1. The summed E-state index contributed by atoms with van der Waals surface area (Å²) in [7, 11) is 0. The number of likely N-dealkylation sites (N-methyl/N-ethyl adjacent to an activating group) is 1. The predicted molar refractivity (Wildman–Crippen MR) is 115 cm³/mol. The van der Waals surface area contributed by atoms with Crippen molar-refractivity contribution in [3.05, 3.63) is 65.9 Å². The second kappa shape index (κ2) is 9.78. The maximum Gasteiger partial charge on any atom is 0.310 e. The van der Waals surface area contributed by atoms with E-state index in [9.17, 15) is 9.59 Å². The molecule has 29 heavy (non-hydrogen) atoms. The third-order valence-electron chi connectivity index (χ3n) is 4.83. The molecule has 6 heteroatoms. The average molecular weight is 393 g/mol. The minimum atomic E-state index is -0.417. The topological polar surface area (TPSA) is 74.4 Å². The normalized spacial score (nSPS) is 10.7. The van der Waals surface area contributed by atoms with Gasteiger partial charge in [-0.05, 0) is 43.2 Å². The fourth-order valence-corrected chi connectivity index (χ4v) is 3.31. The lowest BCUT2D eigenvalue weighted by Gasteiger charge is -2.23. The number of esters is 1. The van der Waals surface area contributed by atoms with Crippen LogP contribution < -0.4 is 10.2 Å². The van der Waals surface area contributed by atoms with Gasteiger partial charge in [-0.1, -0.05) is 30.3 Å². The minimum Gasteiger partial charge on any atom is -0.455 e. The molecule has 0 radical (unpaired) electrons. The second-order valence-electron chi connectivity index (χ2n) is 6.97. The van der Waals surface area contributed by atoms with E-state index in [1.54, 1.807) is 6.20 Å². The van der Waals surface area contributed by atoms with Crippen LogP contribution in [0.3, 0.4) is 0 Å². The Morgan fingerprint density at radius 3 is 2.76 bits per heavy atom. The first-order chi connectivity index (χ1) is 14.1. The molecule has 2 aromatic carbocycles. The smallest absolute Gasteiger partial charge is 0.310 e. The van der Waals surface area contributed by atoms with Crippen molar-refractivity contribution in [2.24, 2.45) is 0 Å². The number of amides is 1. The number of aryl methyl sites for hydroxylation is 1. The molecule has 3 rings (SSSR count). The van der Waals surface area contributed by atoms with Crippen LogP contribution in [0.25, 0.3) is 10.9 Å². The number of para-hydroxylation sites is 1. The first-order valence-corrected chi connectivity index (χ1v) is 9.85. The fourth-order valence-electron chi connectivity index (χ4n) is 3.31. The summed E-state index contributed by atoms with van der Waals surface area (Å²) in [5.41, 5.74) is 4.17. The van der Waals surface area contributed by atoms with Crippen LogP contribution in [0.1, 0.15) is 18.1 Å². The molecule has 0 saturated carbocycles. The Morgan fingerprint density at radius 1 is 1.14 bits per heavy atom. The Balaban J connectivity index is 1.41. The summed E-state index contributed by atoms with van der Waals surface area (Å²) in [6.45, 7) is 5.90. The van der Waals surface area contributed by atoms with Crippen LogP contribution in [0.4, 0.5) is 5.69 Å². The van der Waals surface area contributed by atoms with Crippen LogP contribution in [-0.4, -0.2) is 43.1 Å². The van der Waals surface area contributed by atoms with Gasteiger partial charge in [-0.2, -0.15) is 0 Å². The Labute approximate surface area is 170 Å². The van der Waals surface area contributed by atoms with E-state index < -0.39 is 5.97 Å². The number of ether oxygens (including phenoxy) is 1. The van der Waals surface area contributed by atoms with Gasteiger partial charge in [0, 0.05) is 42.4 Å². The van der Waals surface area contributed by atoms with Crippen molar-refractivity contribution >= 4 is 28.5 Å². The number of hydrogen-bond acceptors (Lipinski definition) is 4. The van der Waals surface area contributed by atoms with Gasteiger partial charge in [0.05, 0.1) is 6.42 Å². The van der Waals surface area contributed by atoms with E-state index in [2.05, 4.69) is 47.2 Å². The second-order valence-corrected chi connectivity index (χ2v) is 6.97. The summed E-state index contributed by atoms with van der Waals surface area (Å²) < 4.78 is 5.13. The monoisotopic (exact) mass is 393 g/mol. The first kappa shape index (κ1) is 20.5. The molecule has 1 aromatic heterocycles. The van der Waals surface area contributed by atoms with E-state index in [4.69, 9.17) is 4.74 Å². The van der Waals surface area contributed by atoms with Gasteiger partial charge in [-0.15, -0.1) is 0 Å². The molecule has 1 heterocycles. The number of rotatable bonds is 9. The summed E-state index contributed by atoms with van der Waals surface area (Å²) in [6, 6.07) is 16.0. The molecule has 152 valence electrons. The number of hydrogen-bond donors (Lipinski definition) is 2. The van der Waals surface area contributed by atoms with E-state index in [0.717, 1.165) is 28.7 Å². The van der Waals surface area contributed by atoms with Gasteiger partial charge >= 0.3 is 5.97 Å². The number of benzene rings is 2. The van der Waals surface area contributed by atoms with Crippen LogP contribution in [0.15, 0.2) is 54.7 Å². The Kier molecular flexibility index (Phi) is 6.89. The lowest BCUT2D eigenvalue weighted by atomic mass is 10.1. The number of aromatic amines is 1. The van der Waals surface area contributed by atoms with Crippen molar-refractivity contribution in [3.63, 3.8) is 0 Å². The molecule has 0 atom stereocenters. The molecular weight excluding hydrogens is 366 g/mol. The molecule has 0 bridgehead atoms. The zero-order chi connectivity index (χ0) is 20.6. The van der Waals surface area contributed by atoms with E-state index in [0.29, 0.717) is 13.1 Å². The molecule has 1 amide bonds. The average Bonchev–Trinajstić information content (AvgIpc) is 3.12. The number of fused-ring (bicyclic) bond motifs is 1. The van der Waals surface area contributed by atoms with Gasteiger partial charge in [0.25, 0.3) is 5.91 Å². The number of carbonyl (C=O) groups excluding carboxylic acids is 2. The summed E-state index contributed by atoms with van der Waals surface area (Å²) in [6.07, 6.45) is 1.94. The molecule has 0 fully saturated rings. The van der Waals surface area contributed by atoms with Crippen LogP contribution in [0.2, 0.25) is 0 Å². The molecule has 6 nitrogen and oxygen atoms in total. The summed E-state index contributed by atoms with van der Waals surface area (Å²) in [4.78, 5) is 29.4. The maximum atomic E-state index is 12.1. The third kappa shape index (κ3) is 5.60. The van der Waals surface area contributed by atoms with Crippen LogP contribution in [0.5, 0.6) is 0 Å². The van der Waals surface area contributed by atoms with Crippen LogP contribution >= 0.6 is 0 Å². The van der Waals surface area contributed by atoms with E-state index in [-0.39, 0.29) is 18.9 Å². The number of anilines is 1. The first-order valence-electron chi connectivity index (χ1n) is 9.85. The van der Waals surface area contributed by atoms with Crippen molar-refractivity contribution in [2.75, 3.05) is 31.1 Å². The van der Waals surface area contributed by atoms with E-state index in [1.807, 2.05) is 30.3 Å². The Hall–Kier alpha value is -3.28. The van der Waals surface area contributed by atoms with Crippen molar-refractivity contribution in [1.29, 1.82) is 0 Å². The number of aromatic nitrogens is 1. The van der Waals surface area contributed by atoms with Crippen molar-refractivity contribution in [3.8, 4) is 0 Å². The number of carbonyl (C=O) groups is 2. The zero-order valence-corrected chi connectivity index (χ0v) is 16.9. The summed E-state index contributed by atoms with van der Waals surface area (Å²) in [5, 5.41) is 3.80. The highest BCUT2D eigenvalue weighted by molar-refractivity contribution is 5.88. The van der Waals surface area contributed by atoms with Gasteiger partial charge in [-0.25, -0.2) is 0 Å². The Morgan fingerprint density at radius 2 is 1.97 bits per heavy atom. The van der Waals surface area contributed by atoms with Gasteiger partial charge in [0.1, 0.15) is 0 Å². The molecule has 0 unspecified atom stereocenters. The maximum absolute atomic E-state index is 12.1. The van der Waals surface area contributed by atoms with Gasteiger partial charge in [-0.3, -0.25) is 9.59 Å². The van der Waals surface area contributed by atoms with Crippen molar-refractivity contribution < 1.29 is 14.3 Å². The minimum absolute atomic E-state index is 0.133. The largest absolute Gasteiger partial charge is 0.455 e. The predicted octanol–water partition coefficient (Wildman–Crippen LogP) is 3.20. The zero-order valence-electron chi connectivity index (χ0n) is 16.9. The summed E-state index contributed by atoms with van der Waals surface area (Å²) in [5.74, 6) is -0.711. The third-order valence-corrected chi connectivity index (χ3v) is 4.83. The van der Waals surface area contributed by atoms with Gasteiger partial charge in [0.2, 0.25) is 0 Å². The molecule has 0 aliphatic heterocycles. The molecule has 0 saturated heterocycles. The fraction of sp³-hybridized carbons (Fsp3) is 0.304. The van der Waals surface area contributed by atoms with E-state index >= 15 is 0 Å². The van der Waals surface area contributed by atoms with Gasteiger partial charge < -0.3 is 19.9 Å². The lowest BCUT2D eigenvalue weighted by Crippen LogP contribution is -2.37. The molecule has 0 aliphatic carbocycles. The quantitative estimate of drug-likeness (QED) is 0.548. The van der Waals surface area contributed by atoms with Crippen LogP contribution in [-0.2, 0) is 20.7 Å². The molecule has 2 N–H and O–H groups in total. The highest BCUT2D eigenvalue weighted by Crippen LogP contribution is 2.18. The highest BCUT2D eigenvalue weighted by Gasteiger charge is 2.12. The van der Waals surface area contributed by atoms with Gasteiger partial charge in [0.15, 0.2) is 6.61 Å².